The number of rotatable bonds is 3. The van der Waals surface area contributed by atoms with Crippen LogP contribution >= 0.6 is 0 Å². The summed E-state index contributed by atoms with van der Waals surface area (Å²) in [4.78, 5) is 26.7. The highest BCUT2D eigenvalue weighted by atomic mass is 16.5. The molecule has 0 unspecified atom stereocenters. The molecule has 31 heavy (non-hydrogen) atoms. The first-order valence-corrected chi connectivity index (χ1v) is 11.6. The van der Waals surface area contributed by atoms with Gasteiger partial charge in [0.2, 0.25) is 11.8 Å². The van der Waals surface area contributed by atoms with E-state index < -0.39 is 6.04 Å². The van der Waals surface area contributed by atoms with Crippen LogP contribution in [0.1, 0.15) is 64.7 Å². The largest absolute Gasteiger partial charge is 0.487 e. The molecular formula is C25H36N2O4. The third-order valence-electron chi connectivity index (χ3n) is 7.25. The molecule has 0 aliphatic carbocycles. The molecule has 5 atom stereocenters. The number of hydrogen-bond donors (Lipinski definition) is 1. The third-order valence-corrected chi connectivity index (χ3v) is 7.25. The molecule has 1 aromatic carbocycles. The lowest BCUT2D eigenvalue weighted by molar-refractivity contribution is -0.189. The number of piperidine rings is 1. The SMILES string of the molecule is CC(=O)N[C@H](C(=O)N1CC[C@H]2O[C@H]3c4ccc(C)cc4OC(C)(C)[C@@H]3C[C@H]2C1)C(C)C. The first-order chi connectivity index (χ1) is 14.6. The zero-order valence-corrected chi connectivity index (χ0v) is 19.6. The molecule has 2 saturated heterocycles. The quantitative estimate of drug-likeness (QED) is 0.798. The summed E-state index contributed by atoms with van der Waals surface area (Å²) in [5.41, 5.74) is 2.00. The van der Waals surface area contributed by atoms with Crippen molar-refractivity contribution in [1.82, 2.24) is 10.2 Å². The Labute approximate surface area is 185 Å². The number of fused-ring (bicyclic) bond motifs is 4. The fraction of sp³-hybridized carbons (Fsp3) is 0.680. The van der Waals surface area contributed by atoms with E-state index >= 15 is 0 Å². The van der Waals surface area contributed by atoms with E-state index in [2.05, 4.69) is 44.3 Å². The van der Waals surface area contributed by atoms with Gasteiger partial charge in [0.15, 0.2) is 0 Å². The molecule has 0 bridgehead atoms. The summed E-state index contributed by atoms with van der Waals surface area (Å²) < 4.78 is 13.1. The van der Waals surface area contributed by atoms with Gasteiger partial charge in [-0.2, -0.15) is 0 Å². The molecule has 0 radical (unpaired) electrons. The van der Waals surface area contributed by atoms with Crippen LogP contribution in [0.25, 0.3) is 0 Å². The van der Waals surface area contributed by atoms with Crippen LogP contribution in [-0.2, 0) is 14.3 Å². The summed E-state index contributed by atoms with van der Waals surface area (Å²) in [6.45, 7) is 13.1. The van der Waals surface area contributed by atoms with Gasteiger partial charge < -0.3 is 19.7 Å². The van der Waals surface area contributed by atoms with Gasteiger partial charge in [-0.1, -0.05) is 26.0 Å². The summed E-state index contributed by atoms with van der Waals surface area (Å²) >= 11 is 0. The fourth-order valence-electron chi connectivity index (χ4n) is 5.54. The second kappa shape index (κ2) is 8.12. The first-order valence-electron chi connectivity index (χ1n) is 11.6. The Morgan fingerprint density at radius 1 is 1.26 bits per heavy atom. The highest BCUT2D eigenvalue weighted by molar-refractivity contribution is 5.87. The molecule has 2 fully saturated rings. The Bertz CT molecular complexity index is 865. The number of amides is 2. The van der Waals surface area contributed by atoms with Crippen molar-refractivity contribution >= 4 is 11.8 Å². The highest BCUT2D eigenvalue weighted by Gasteiger charge is 2.51. The predicted octanol–water partition coefficient (Wildman–Crippen LogP) is 3.62. The van der Waals surface area contributed by atoms with Gasteiger partial charge in [-0.05, 0) is 51.2 Å². The van der Waals surface area contributed by atoms with Crippen molar-refractivity contribution < 1.29 is 19.1 Å². The maximum absolute atomic E-state index is 13.2. The molecule has 0 aromatic heterocycles. The molecule has 3 aliphatic rings. The molecule has 4 rings (SSSR count). The van der Waals surface area contributed by atoms with E-state index in [1.807, 2.05) is 18.7 Å². The van der Waals surface area contributed by atoms with E-state index in [1.165, 1.54) is 12.5 Å². The van der Waals surface area contributed by atoms with Crippen LogP contribution < -0.4 is 10.1 Å². The number of ether oxygens (including phenoxy) is 2. The number of hydrogen-bond acceptors (Lipinski definition) is 4. The number of carbonyl (C=O) groups is 2. The molecule has 6 nitrogen and oxygen atoms in total. The summed E-state index contributed by atoms with van der Waals surface area (Å²) in [5.74, 6) is 1.35. The number of nitrogens with one attached hydrogen (secondary N) is 1. The van der Waals surface area contributed by atoms with Crippen molar-refractivity contribution in [2.45, 2.75) is 78.2 Å². The van der Waals surface area contributed by atoms with E-state index in [1.54, 1.807) is 0 Å². The second-order valence-corrected chi connectivity index (χ2v) is 10.4. The normalized spacial score (nSPS) is 29.8. The number of carbonyl (C=O) groups excluding carboxylic acids is 2. The minimum atomic E-state index is -0.476. The highest BCUT2D eigenvalue weighted by Crippen LogP contribution is 2.53. The number of nitrogens with zero attached hydrogens (tertiary/aromatic N) is 1. The average molecular weight is 429 g/mol. The van der Waals surface area contributed by atoms with Crippen molar-refractivity contribution in [3.05, 3.63) is 29.3 Å². The maximum atomic E-state index is 13.2. The average Bonchev–Trinajstić information content (AvgIpc) is 2.69. The van der Waals surface area contributed by atoms with Crippen molar-refractivity contribution in [1.29, 1.82) is 0 Å². The number of likely N-dealkylation sites (tertiary alicyclic amines) is 1. The van der Waals surface area contributed by atoms with Crippen LogP contribution in [0.5, 0.6) is 5.75 Å². The molecule has 1 aromatic rings. The summed E-state index contributed by atoms with van der Waals surface area (Å²) in [6.07, 6.45) is 1.97. The molecule has 3 aliphatic heterocycles. The lowest BCUT2D eigenvalue weighted by Gasteiger charge is -2.53. The molecular weight excluding hydrogens is 392 g/mol. The predicted molar refractivity (Wildman–Crippen MR) is 119 cm³/mol. The topological polar surface area (TPSA) is 67.9 Å². The van der Waals surface area contributed by atoms with Crippen LogP contribution in [-0.4, -0.2) is 47.6 Å². The lowest BCUT2D eigenvalue weighted by atomic mass is 9.70. The molecule has 1 N–H and O–H groups in total. The molecule has 3 heterocycles. The van der Waals surface area contributed by atoms with Gasteiger partial charge in [0.1, 0.15) is 17.4 Å². The van der Waals surface area contributed by atoms with Gasteiger partial charge in [-0.3, -0.25) is 9.59 Å². The third kappa shape index (κ3) is 4.19. The van der Waals surface area contributed by atoms with Crippen LogP contribution in [0.4, 0.5) is 0 Å². The Hall–Kier alpha value is -2.08. The Kier molecular flexibility index (Phi) is 5.80. The Balaban J connectivity index is 1.52. The van der Waals surface area contributed by atoms with Gasteiger partial charge in [0.25, 0.3) is 0 Å². The van der Waals surface area contributed by atoms with E-state index in [9.17, 15) is 9.59 Å². The van der Waals surface area contributed by atoms with Gasteiger partial charge in [0, 0.05) is 37.4 Å². The van der Waals surface area contributed by atoms with Crippen molar-refractivity contribution in [3.63, 3.8) is 0 Å². The fourth-order valence-corrected chi connectivity index (χ4v) is 5.54. The molecule has 0 spiro atoms. The van der Waals surface area contributed by atoms with Crippen molar-refractivity contribution in [2.75, 3.05) is 13.1 Å². The van der Waals surface area contributed by atoms with Gasteiger partial charge in [-0.25, -0.2) is 0 Å². The molecule has 6 heteroatoms. The van der Waals surface area contributed by atoms with Crippen LogP contribution in [0.15, 0.2) is 18.2 Å². The van der Waals surface area contributed by atoms with Crippen molar-refractivity contribution in [3.8, 4) is 5.75 Å². The molecule has 170 valence electrons. The maximum Gasteiger partial charge on any atom is 0.245 e. The van der Waals surface area contributed by atoms with E-state index in [-0.39, 0.29) is 47.4 Å². The standard InChI is InChI=1S/C25H36N2O4/c1-14(2)22(26-16(4)28)24(29)27-10-9-20-17(13-27)12-19-23(30-20)18-8-7-15(3)11-21(18)31-25(19,5)6/h7-8,11,14,17,19-20,22-23H,9-10,12-13H2,1-6H3,(H,26,28)/t17-,19+,20+,22-,23-/m0/s1. The van der Waals surface area contributed by atoms with E-state index in [0.29, 0.717) is 13.1 Å². The van der Waals surface area contributed by atoms with Gasteiger partial charge in [0.05, 0.1) is 12.2 Å². The first kappa shape index (κ1) is 22.1. The van der Waals surface area contributed by atoms with Crippen molar-refractivity contribution in [2.24, 2.45) is 17.8 Å². The summed E-state index contributed by atoms with van der Waals surface area (Å²) in [7, 11) is 0. The zero-order chi connectivity index (χ0) is 22.5. The minimum Gasteiger partial charge on any atom is -0.487 e. The summed E-state index contributed by atoms with van der Waals surface area (Å²) in [6, 6.07) is 5.91. The van der Waals surface area contributed by atoms with Crippen LogP contribution in [0, 0.1) is 24.7 Å². The summed E-state index contributed by atoms with van der Waals surface area (Å²) in [5, 5.41) is 2.84. The Morgan fingerprint density at radius 2 is 2.00 bits per heavy atom. The number of aryl methyl sites for hydroxylation is 1. The van der Waals surface area contributed by atoms with E-state index in [4.69, 9.17) is 9.47 Å². The van der Waals surface area contributed by atoms with Gasteiger partial charge in [-0.15, -0.1) is 0 Å². The number of benzene rings is 1. The van der Waals surface area contributed by atoms with Crippen LogP contribution in [0.2, 0.25) is 0 Å². The minimum absolute atomic E-state index is 0.0192. The second-order valence-electron chi connectivity index (χ2n) is 10.4. The van der Waals surface area contributed by atoms with Crippen LogP contribution in [0.3, 0.4) is 0 Å². The van der Waals surface area contributed by atoms with E-state index in [0.717, 1.165) is 24.2 Å². The smallest absolute Gasteiger partial charge is 0.245 e. The lowest BCUT2D eigenvalue weighted by Crippen LogP contribution is -2.58. The zero-order valence-electron chi connectivity index (χ0n) is 19.6. The molecule has 2 amide bonds. The Morgan fingerprint density at radius 3 is 2.68 bits per heavy atom. The molecule has 0 saturated carbocycles. The monoisotopic (exact) mass is 428 g/mol. The van der Waals surface area contributed by atoms with Gasteiger partial charge >= 0.3 is 0 Å².